The lowest BCUT2D eigenvalue weighted by atomic mass is 10.2. The Morgan fingerprint density at radius 2 is 2.25 bits per heavy atom. The third-order valence-corrected chi connectivity index (χ3v) is 3.35. The van der Waals surface area contributed by atoms with Crippen molar-refractivity contribution in [1.82, 2.24) is 4.90 Å². The van der Waals surface area contributed by atoms with Crippen LogP contribution in [0.4, 0.5) is 4.39 Å². The van der Waals surface area contributed by atoms with Gasteiger partial charge in [0.05, 0.1) is 18.8 Å². The van der Waals surface area contributed by atoms with Crippen LogP contribution in [0.25, 0.3) is 0 Å². The van der Waals surface area contributed by atoms with Gasteiger partial charge in [-0.25, -0.2) is 4.39 Å². The summed E-state index contributed by atoms with van der Waals surface area (Å²) in [7, 11) is 0. The Hall–Kier alpha value is -1.62. The first-order valence-corrected chi connectivity index (χ1v) is 6.81. The molecule has 0 radical (unpaired) electrons. The van der Waals surface area contributed by atoms with E-state index < -0.39 is 6.10 Å². The van der Waals surface area contributed by atoms with E-state index >= 15 is 0 Å². The third kappa shape index (κ3) is 3.48. The summed E-state index contributed by atoms with van der Waals surface area (Å²) < 4.78 is 24.1. The van der Waals surface area contributed by atoms with Crippen LogP contribution in [0.15, 0.2) is 24.3 Å². The van der Waals surface area contributed by atoms with Crippen LogP contribution in [0.5, 0.6) is 5.75 Å². The summed E-state index contributed by atoms with van der Waals surface area (Å²) in [5.41, 5.74) is 0. The molecule has 2 rings (SSSR count). The number of rotatable bonds is 3. The van der Waals surface area contributed by atoms with Gasteiger partial charge in [-0.05, 0) is 32.9 Å². The molecule has 1 fully saturated rings. The Bertz CT molecular complexity index is 480. The highest BCUT2D eigenvalue weighted by Gasteiger charge is 2.31. The summed E-state index contributed by atoms with van der Waals surface area (Å²) in [4.78, 5) is 14.2. The van der Waals surface area contributed by atoms with Crippen LogP contribution in [0.3, 0.4) is 0 Å². The molecule has 3 unspecified atom stereocenters. The smallest absolute Gasteiger partial charge is 0.263 e. The summed E-state index contributed by atoms with van der Waals surface area (Å²) in [6.45, 7) is 6.64. The van der Waals surface area contributed by atoms with E-state index in [9.17, 15) is 9.18 Å². The van der Waals surface area contributed by atoms with E-state index in [1.165, 1.54) is 12.1 Å². The van der Waals surface area contributed by atoms with Crippen molar-refractivity contribution in [3.05, 3.63) is 30.1 Å². The molecule has 1 amide bonds. The van der Waals surface area contributed by atoms with Gasteiger partial charge in [-0.2, -0.15) is 0 Å². The van der Waals surface area contributed by atoms with Crippen molar-refractivity contribution in [3.8, 4) is 5.75 Å². The average Bonchev–Trinajstić information content (AvgIpc) is 2.40. The zero-order valence-electron chi connectivity index (χ0n) is 12.0. The van der Waals surface area contributed by atoms with Crippen LogP contribution in [0.1, 0.15) is 20.8 Å². The number of ether oxygens (including phenoxy) is 2. The fourth-order valence-electron chi connectivity index (χ4n) is 2.24. The summed E-state index contributed by atoms with van der Waals surface area (Å²) >= 11 is 0. The number of nitrogens with zero attached hydrogens (tertiary/aromatic N) is 1. The van der Waals surface area contributed by atoms with Gasteiger partial charge in [0.15, 0.2) is 6.10 Å². The highest BCUT2D eigenvalue weighted by Crippen LogP contribution is 2.17. The molecule has 1 aromatic rings. The summed E-state index contributed by atoms with van der Waals surface area (Å²) in [6, 6.07) is 5.83. The topological polar surface area (TPSA) is 38.8 Å². The summed E-state index contributed by atoms with van der Waals surface area (Å²) in [5.74, 6) is -0.118. The summed E-state index contributed by atoms with van der Waals surface area (Å²) in [6.07, 6.45) is -0.624. The minimum Gasteiger partial charge on any atom is -0.481 e. The molecule has 0 aliphatic carbocycles. The molecule has 0 N–H and O–H groups in total. The lowest BCUT2D eigenvalue weighted by molar-refractivity contribution is -0.149. The van der Waals surface area contributed by atoms with Crippen LogP contribution < -0.4 is 4.74 Å². The van der Waals surface area contributed by atoms with Gasteiger partial charge in [-0.1, -0.05) is 6.07 Å². The first-order chi connectivity index (χ1) is 9.47. The van der Waals surface area contributed by atoms with Gasteiger partial charge in [0.2, 0.25) is 0 Å². The van der Waals surface area contributed by atoms with E-state index in [-0.39, 0.29) is 23.9 Å². The fraction of sp³-hybridized carbons (Fsp3) is 0.533. The number of hydrogen-bond acceptors (Lipinski definition) is 3. The molecule has 5 heteroatoms. The Morgan fingerprint density at radius 1 is 1.50 bits per heavy atom. The number of halogens is 1. The van der Waals surface area contributed by atoms with Gasteiger partial charge in [-0.3, -0.25) is 4.79 Å². The molecule has 1 saturated heterocycles. The van der Waals surface area contributed by atoms with Crippen molar-refractivity contribution in [2.24, 2.45) is 0 Å². The predicted octanol–water partition coefficient (Wildman–Crippen LogP) is 2.23. The van der Waals surface area contributed by atoms with Crippen molar-refractivity contribution < 1.29 is 18.7 Å². The van der Waals surface area contributed by atoms with Crippen molar-refractivity contribution in [3.63, 3.8) is 0 Å². The molecular weight excluding hydrogens is 261 g/mol. The molecule has 0 aromatic heterocycles. The number of carbonyl (C=O) groups excluding carboxylic acids is 1. The second kappa shape index (κ2) is 6.22. The molecule has 110 valence electrons. The van der Waals surface area contributed by atoms with E-state index in [1.54, 1.807) is 24.0 Å². The van der Waals surface area contributed by atoms with Gasteiger partial charge < -0.3 is 14.4 Å². The Morgan fingerprint density at radius 3 is 2.95 bits per heavy atom. The van der Waals surface area contributed by atoms with E-state index in [4.69, 9.17) is 9.47 Å². The van der Waals surface area contributed by atoms with Gasteiger partial charge in [0.1, 0.15) is 11.6 Å². The zero-order chi connectivity index (χ0) is 14.7. The second-order valence-electron chi connectivity index (χ2n) is 5.20. The molecule has 3 atom stereocenters. The second-order valence-corrected chi connectivity index (χ2v) is 5.20. The number of amides is 1. The molecule has 0 saturated carbocycles. The molecular formula is C15H20FNO3. The Balaban J connectivity index is 2.01. The first-order valence-electron chi connectivity index (χ1n) is 6.81. The summed E-state index contributed by atoms with van der Waals surface area (Å²) in [5, 5.41) is 0. The Labute approximate surface area is 118 Å². The first kappa shape index (κ1) is 14.8. The van der Waals surface area contributed by atoms with Crippen molar-refractivity contribution in [1.29, 1.82) is 0 Å². The van der Waals surface area contributed by atoms with Crippen molar-refractivity contribution >= 4 is 5.91 Å². The van der Waals surface area contributed by atoms with Gasteiger partial charge in [0.25, 0.3) is 5.91 Å². The van der Waals surface area contributed by atoms with E-state index in [2.05, 4.69) is 0 Å². The molecule has 4 nitrogen and oxygen atoms in total. The standard InChI is InChI=1S/C15H20FNO3/c1-10-9-19-11(2)8-17(10)15(18)12(3)20-14-6-4-5-13(16)7-14/h4-7,10-12H,8-9H2,1-3H3. The van der Waals surface area contributed by atoms with Gasteiger partial charge in [0, 0.05) is 12.6 Å². The normalized spacial score (nSPS) is 24.3. The monoisotopic (exact) mass is 281 g/mol. The van der Waals surface area contributed by atoms with Crippen LogP contribution in [0.2, 0.25) is 0 Å². The van der Waals surface area contributed by atoms with E-state index in [0.717, 1.165) is 0 Å². The molecule has 1 heterocycles. The SMILES string of the molecule is CC1CN(C(=O)C(C)Oc2cccc(F)c2)C(C)CO1. The lowest BCUT2D eigenvalue weighted by Crippen LogP contribution is -2.53. The Kier molecular flexibility index (Phi) is 4.60. The molecule has 1 aliphatic heterocycles. The van der Waals surface area contributed by atoms with Crippen molar-refractivity contribution in [2.75, 3.05) is 13.2 Å². The van der Waals surface area contributed by atoms with E-state index in [1.807, 2.05) is 13.8 Å². The molecule has 1 aromatic carbocycles. The minimum atomic E-state index is -0.649. The lowest BCUT2D eigenvalue weighted by Gasteiger charge is -2.38. The zero-order valence-corrected chi connectivity index (χ0v) is 12.0. The maximum absolute atomic E-state index is 13.1. The maximum Gasteiger partial charge on any atom is 0.263 e. The van der Waals surface area contributed by atoms with Gasteiger partial charge in [-0.15, -0.1) is 0 Å². The van der Waals surface area contributed by atoms with Crippen LogP contribution in [-0.2, 0) is 9.53 Å². The molecule has 1 aliphatic rings. The van der Waals surface area contributed by atoms with Crippen molar-refractivity contribution in [2.45, 2.75) is 39.0 Å². The quantitative estimate of drug-likeness (QED) is 0.853. The number of hydrogen-bond donors (Lipinski definition) is 0. The fourth-order valence-corrected chi connectivity index (χ4v) is 2.24. The minimum absolute atomic E-state index is 0.0246. The van der Waals surface area contributed by atoms with Crippen LogP contribution in [-0.4, -0.2) is 42.2 Å². The third-order valence-electron chi connectivity index (χ3n) is 3.35. The predicted molar refractivity (Wildman–Crippen MR) is 73.1 cm³/mol. The molecule has 0 bridgehead atoms. The van der Waals surface area contributed by atoms with Crippen LogP contribution in [0, 0.1) is 5.82 Å². The molecule has 20 heavy (non-hydrogen) atoms. The maximum atomic E-state index is 13.1. The van der Waals surface area contributed by atoms with Gasteiger partial charge >= 0.3 is 0 Å². The highest BCUT2D eigenvalue weighted by molar-refractivity contribution is 5.81. The number of morpholine rings is 1. The van der Waals surface area contributed by atoms with Crippen LogP contribution >= 0.6 is 0 Å². The average molecular weight is 281 g/mol. The number of carbonyl (C=O) groups is 1. The largest absolute Gasteiger partial charge is 0.481 e. The van der Waals surface area contributed by atoms with E-state index in [0.29, 0.717) is 18.9 Å². The molecule has 0 spiro atoms. The number of benzene rings is 1. The highest BCUT2D eigenvalue weighted by atomic mass is 19.1.